The molecule has 4 rings (SSSR count). The third kappa shape index (κ3) is 6.23. The molecule has 1 aliphatic rings. The fourth-order valence-electron chi connectivity index (χ4n) is 4.11. The molecule has 2 amide bonds. The Morgan fingerprint density at radius 3 is 2.26 bits per heavy atom. The van der Waals surface area contributed by atoms with Gasteiger partial charge >= 0.3 is 0 Å². The van der Waals surface area contributed by atoms with Crippen molar-refractivity contribution in [2.45, 2.75) is 12.5 Å². The number of nitrogens with zero attached hydrogens (tertiary/aromatic N) is 3. The summed E-state index contributed by atoms with van der Waals surface area (Å²) >= 11 is 1.21. The number of fused-ring (bicyclic) bond motifs is 1. The average Bonchev–Trinajstić information content (AvgIpc) is 3.24. The van der Waals surface area contributed by atoms with Crippen molar-refractivity contribution in [3.05, 3.63) is 83.9 Å². The summed E-state index contributed by atoms with van der Waals surface area (Å²) in [6.07, 6.45) is 0.649. The second-order valence-corrected chi connectivity index (χ2v) is 9.58. The monoisotopic (exact) mass is 540 g/mol. The van der Waals surface area contributed by atoms with E-state index in [2.05, 4.69) is 5.32 Å². The molecule has 0 radical (unpaired) electrons. The van der Waals surface area contributed by atoms with E-state index in [4.69, 9.17) is 4.74 Å². The second kappa shape index (κ2) is 12.0. The van der Waals surface area contributed by atoms with E-state index in [1.165, 1.54) is 24.1 Å². The number of rotatable bonds is 10. The van der Waals surface area contributed by atoms with Gasteiger partial charge in [0.05, 0.1) is 37.2 Å². The van der Waals surface area contributed by atoms with Crippen molar-refractivity contribution < 1.29 is 27.9 Å². The number of likely N-dealkylation sites (N-methyl/N-ethyl adjacent to an activating group) is 1. The highest BCUT2D eigenvalue weighted by molar-refractivity contribution is 8.02. The van der Waals surface area contributed by atoms with Gasteiger partial charge in [-0.3, -0.25) is 18.2 Å². The van der Waals surface area contributed by atoms with Gasteiger partial charge in [0.2, 0.25) is 11.8 Å². The van der Waals surface area contributed by atoms with Crippen LogP contribution in [0.5, 0.6) is 5.75 Å². The molecule has 0 bridgehead atoms. The van der Waals surface area contributed by atoms with E-state index < -0.39 is 29.5 Å². The van der Waals surface area contributed by atoms with Gasteiger partial charge in [-0.25, -0.2) is 8.78 Å². The van der Waals surface area contributed by atoms with Crippen molar-refractivity contribution in [1.29, 1.82) is 0 Å². The molecule has 0 spiro atoms. The molecule has 0 aromatic heterocycles. The number of carbonyl (C=O) groups excluding carboxylic acids is 3. The van der Waals surface area contributed by atoms with Crippen LogP contribution in [0.15, 0.2) is 66.7 Å². The van der Waals surface area contributed by atoms with Gasteiger partial charge in [0.1, 0.15) is 36.3 Å². The first-order chi connectivity index (χ1) is 18.3. The van der Waals surface area contributed by atoms with Crippen LogP contribution in [0.25, 0.3) is 0 Å². The van der Waals surface area contributed by atoms with E-state index in [9.17, 15) is 23.2 Å². The molecular formula is C27H26F2N4O4S. The summed E-state index contributed by atoms with van der Waals surface area (Å²) in [6, 6.07) is 16.0. The van der Waals surface area contributed by atoms with Gasteiger partial charge in [-0.05, 0) is 54.1 Å². The van der Waals surface area contributed by atoms with Gasteiger partial charge in [0, 0.05) is 25.2 Å². The number of aldehydes is 1. The molecule has 11 heteroatoms. The summed E-state index contributed by atoms with van der Waals surface area (Å²) in [7, 11) is 3.09. The van der Waals surface area contributed by atoms with Crippen LogP contribution in [0.4, 0.5) is 25.8 Å². The van der Waals surface area contributed by atoms with Crippen LogP contribution in [0.2, 0.25) is 0 Å². The molecule has 1 N–H and O–H groups in total. The standard InChI is InChI=1S/C27H26F2N4O4S/c1-31(21-7-9-22(37-2)10-8-21)27(36)23(15-18-13-19(28)16-20(29)14-18)30-26(35)17-33-25-6-4-3-5-24(25)32(38-33)11-12-34/h3-10,12-14,16,23H,11,15,17H2,1-2H3,(H,30,35). The van der Waals surface area contributed by atoms with Gasteiger partial charge in [-0.2, -0.15) is 0 Å². The SMILES string of the molecule is COc1ccc(N(C)C(=O)C(Cc2cc(F)cc(F)c2)NC(=O)CN2SN(CC=O)c3ccccc32)cc1. The summed E-state index contributed by atoms with van der Waals surface area (Å²) in [4.78, 5) is 39.1. The minimum absolute atomic E-state index is 0.120. The molecule has 0 saturated carbocycles. The number of halogens is 2. The normalized spacial score (nSPS) is 13.1. The number of carbonyl (C=O) groups is 3. The first-order valence-corrected chi connectivity index (χ1v) is 12.4. The topological polar surface area (TPSA) is 82.2 Å². The molecule has 198 valence electrons. The Morgan fingerprint density at radius 1 is 1.03 bits per heavy atom. The lowest BCUT2D eigenvalue weighted by atomic mass is 10.0. The van der Waals surface area contributed by atoms with Crippen molar-refractivity contribution in [3.63, 3.8) is 0 Å². The predicted molar refractivity (Wildman–Crippen MR) is 143 cm³/mol. The molecule has 8 nitrogen and oxygen atoms in total. The number of para-hydroxylation sites is 2. The Balaban J connectivity index is 1.54. The third-order valence-electron chi connectivity index (χ3n) is 5.93. The number of methoxy groups -OCH3 is 1. The van der Waals surface area contributed by atoms with Crippen molar-refractivity contribution in [3.8, 4) is 5.75 Å². The predicted octanol–water partition coefficient (Wildman–Crippen LogP) is 3.75. The maximum Gasteiger partial charge on any atom is 0.249 e. The smallest absolute Gasteiger partial charge is 0.249 e. The fourth-order valence-corrected chi connectivity index (χ4v) is 5.13. The number of ether oxygens (including phenoxy) is 1. The van der Waals surface area contributed by atoms with Gasteiger partial charge in [0.15, 0.2) is 0 Å². The zero-order valence-electron chi connectivity index (χ0n) is 20.8. The van der Waals surface area contributed by atoms with E-state index in [1.54, 1.807) is 39.9 Å². The zero-order valence-corrected chi connectivity index (χ0v) is 21.6. The maximum absolute atomic E-state index is 13.9. The number of nitrogens with one attached hydrogen (secondary N) is 1. The molecule has 1 unspecified atom stereocenters. The second-order valence-electron chi connectivity index (χ2n) is 8.53. The van der Waals surface area contributed by atoms with Crippen LogP contribution in [0.3, 0.4) is 0 Å². The van der Waals surface area contributed by atoms with Crippen molar-refractivity contribution in [2.75, 3.05) is 40.8 Å². The highest BCUT2D eigenvalue weighted by Crippen LogP contribution is 2.43. The molecular weight excluding hydrogens is 514 g/mol. The number of benzene rings is 3. The van der Waals surface area contributed by atoms with Crippen LogP contribution in [-0.4, -0.2) is 51.4 Å². The number of hydrogen-bond donors (Lipinski definition) is 1. The van der Waals surface area contributed by atoms with Crippen molar-refractivity contribution in [2.24, 2.45) is 0 Å². The minimum atomic E-state index is -1.11. The van der Waals surface area contributed by atoms with E-state index >= 15 is 0 Å². The number of amides is 2. The summed E-state index contributed by atoms with van der Waals surface area (Å²) in [5.41, 5.74) is 2.32. The summed E-state index contributed by atoms with van der Waals surface area (Å²) in [5.74, 6) is -1.88. The lowest BCUT2D eigenvalue weighted by molar-refractivity contribution is -0.126. The van der Waals surface area contributed by atoms with Crippen LogP contribution in [0, 0.1) is 11.6 Å². The molecule has 0 aliphatic carbocycles. The van der Waals surface area contributed by atoms with Crippen LogP contribution in [0.1, 0.15) is 5.56 Å². The molecule has 0 saturated heterocycles. The van der Waals surface area contributed by atoms with Gasteiger partial charge in [-0.15, -0.1) is 0 Å². The average molecular weight is 541 g/mol. The van der Waals surface area contributed by atoms with Gasteiger partial charge in [-0.1, -0.05) is 12.1 Å². The van der Waals surface area contributed by atoms with Crippen LogP contribution < -0.4 is 23.6 Å². The molecule has 1 atom stereocenters. The van der Waals surface area contributed by atoms with Crippen LogP contribution in [-0.2, 0) is 20.8 Å². The first-order valence-electron chi connectivity index (χ1n) is 11.7. The van der Waals surface area contributed by atoms with E-state index in [-0.39, 0.29) is 25.1 Å². The Labute approximate surface area is 223 Å². The van der Waals surface area contributed by atoms with Crippen LogP contribution >= 0.6 is 12.1 Å². The number of hydrogen-bond acceptors (Lipinski definition) is 7. The van der Waals surface area contributed by atoms with E-state index in [1.807, 2.05) is 24.3 Å². The fraction of sp³-hybridized carbons (Fsp3) is 0.222. The highest BCUT2D eigenvalue weighted by Gasteiger charge is 2.31. The first kappa shape index (κ1) is 26.9. The molecule has 1 heterocycles. The highest BCUT2D eigenvalue weighted by atomic mass is 32.2. The molecule has 3 aromatic rings. The summed E-state index contributed by atoms with van der Waals surface area (Å²) in [5, 5.41) is 2.74. The Kier molecular flexibility index (Phi) is 8.47. The van der Waals surface area contributed by atoms with Gasteiger partial charge in [0.25, 0.3) is 0 Å². The number of anilines is 3. The van der Waals surface area contributed by atoms with Crippen molar-refractivity contribution >= 4 is 47.3 Å². The lowest BCUT2D eigenvalue weighted by Crippen LogP contribution is -2.50. The summed E-state index contributed by atoms with van der Waals surface area (Å²) < 4.78 is 36.4. The maximum atomic E-state index is 13.9. The molecule has 0 fully saturated rings. The Morgan fingerprint density at radius 2 is 1.66 bits per heavy atom. The minimum Gasteiger partial charge on any atom is -0.497 e. The van der Waals surface area contributed by atoms with Gasteiger partial charge < -0.3 is 19.7 Å². The molecule has 1 aliphatic heterocycles. The third-order valence-corrected chi connectivity index (χ3v) is 7.00. The lowest BCUT2D eigenvalue weighted by Gasteiger charge is -2.26. The Hall–Kier alpha value is -4.12. The van der Waals surface area contributed by atoms with E-state index in [0.29, 0.717) is 11.4 Å². The van der Waals surface area contributed by atoms with E-state index in [0.717, 1.165) is 35.9 Å². The molecule has 3 aromatic carbocycles. The van der Waals surface area contributed by atoms with Crippen molar-refractivity contribution in [1.82, 2.24) is 5.32 Å². The summed E-state index contributed by atoms with van der Waals surface area (Å²) in [6.45, 7) is 0.0171. The zero-order chi connectivity index (χ0) is 27.2. The Bertz CT molecular complexity index is 1300. The molecule has 38 heavy (non-hydrogen) atoms. The largest absolute Gasteiger partial charge is 0.497 e. The quantitative estimate of drug-likeness (QED) is 0.310.